The third-order valence-corrected chi connectivity index (χ3v) is 6.39. The molecule has 1 fully saturated rings. The number of carbonyl (C=O) groups excluding carboxylic acids is 2. The van der Waals surface area contributed by atoms with E-state index >= 15 is 0 Å². The van der Waals surface area contributed by atoms with Crippen molar-refractivity contribution in [2.75, 3.05) is 13.7 Å². The molecule has 0 spiro atoms. The number of methoxy groups -OCH3 is 1. The Hall–Kier alpha value is -3.01. The molecule has 2 amide bonds. The first-order valence-corrected chi connectivity index (χ1v) is 10.9. The number of halogens is 2. The summed E-state index contributed by atoms with van der Waals surface area (Å²) in [7, 11) is 1.55. The quantitative estimate of drug-likeness (QED) is 0.718. The third kappa shape index (κ3) is 3.83. The van der Waals surface area contributed by atoms with E-state index in [2.05, 4.69) is 11.4 Å². The number of carbonyl (C=O) groups is 2. The maximum absolute atomic E-state index is 13.7. The molecule has 164 valence electrons. The average Bonchev–Trinajstić information content (AvgIpc) is 3.18. The van der Waals surface area contributed by atoms with Crippen LogP contribution in [0.4, 0.5) is 0 Å². The minimum absolute atomic E-state index is 0.151. The van der Waals surface area contributed by atoms with E-state index in [1.807, 2.05) is 12.1 Å². The normalized spacial score (nSPS) is 22.0. The molecule has 0 aliphatic carbocycles. The molecule has 0 bridgehead atoms. The Kier molecular flexibility index (Phi) is 5.89. The molecule has 0 radical (unpaired) electrons. The van der Waals surface area contributed by atoms with Crippen LogP contribution in [0, 0.1) is 11.3 Å². The predicted molar refractivity (Wildman–Crippen MR) is 122 cm³/mol. The molecule has 1 saturated heterocycles. The number of fused-ring (bicyclic) bond motifs is 1. The summed E-state index contributed by atoms with van der Waals surface area (Å²) in [5.41, 5.74) is 1.74. The number of ether oxygens (including phenoxy) is 1. The lowest BCUT2D eigenvalue weighted by atomic mass is 9.85. The van der Waals surface area contributed by atoms with Gasteiger partial charge in [0.1, 0.15) is 11.3 Å². The monoisotopic (exact) mass is 469 g/mol. The van der Waals surface area contributed by atoms with Gasteiger partial charge in [-0.15, -0.1) is 0 Å². The molecule has 2 atom stereocenters. The van der Waals surface area contributed by atoms with E-state index in [-0.39, 0.29) is 17.9 Å². The summed E-state index contributed by atoms with van der Waals surface area (Å²) in [4.78, 5) is 27.2. The first-order valence-electron chi connectivity index (χ1n) is 10.1. The molecule has 2 heterocycles. The van der Waals surface area contributed by atoms with Gasteiger partial charge in [-0.3, -0.25) is 9.59 Å². The van der Waals surface area contributed by atoms with E-state index in [9.17, 15) is 9.59 Å². The SMILES string of the molecule is COC1=C(c2cc(Cl)cc(Cl)c2)C(=O)N2CC(NC(C)=O)CC12Cc1ccc(C#N)cc1. The highest BCUT2D eigenvalue weighted by Gasteiger charge is 2.58. The Morgan fingerprint density at radius 3 is 2.47 bits per heavy atom. The van der Waals surface area contributed by atoms with Gasteiger partial charge in [0.2, 0.25) is 5.91 Å². The first kappa shape index (κ1) is 22.2. The Morgan fingerprint density at radius 2 is 1.91 bits per heavy atom. The van der Waals surface area contributed by atoms with E-state index in [0.717, 1.165) is 5.56 Å². The highest BCUT2D eigenvalue weighted by atomic mass is 35.5. The molecule has 4 rings (SSSR count). The fourth-order valence-corrected chi connectivity index (χ4v) is 5.37. The number of amides is 2. The van der Waals surface area contributed by atoms with Crippen molar-refractivity contribution in [2.24, 2.45) is 0 Å². The molecule has 2 aliphatic rings. The lowest BCUT2D eigenvalue weighted by Crippen LogP contribution is -2.45. The summed E-state index contributed by atoms with van der Waals surface area (Å²) in [5.74, 6) is 0.182. The van der Waals surface area contributed by atoms with Gasteiger partial charge in [0.05, 0.1) is 24.3 Å². The van der Waals surface area contributed by atoms with Gasteiger partial charge in [0.15, 0.2) is 0 Å². The van der Waals surface area contributed by atoms with Gasteiger partial charge < -0.3 is 15.0 Å². The van der Waals surface area contributed by atoms with Crippen LogP contribution in [0.1, 0.15) is 30.0 Å². The van der Waals surface area contributed by atoms with Crippen molar-refractivity contribution in [1.29, 1.82) is 5.26 Å². The van der Waals surface area contributed by atoms with Crippen molar-refractivity contribution < 1.29 is 14.3 Å². The highest BCUT2D eigenvalue weighted by molar-refractivity contribution is 6.35. The number of rotatable bonds is 5. The summed E-state index contributed by atoms with van der Waals surface area (Å²) < 4.78 is 5.88. The van der Waals surface area contributed by atoms with Gasteiger partial charge in [-0.1, -0.05) is 35.3 Å². The topological polar surface area (TPSA) is 82.4 Å². The van der Waals surface area contributed by atoms with E-state index in [0.29, 0.717) is 51.9 Å². The molecule has 2 unspecified atom stereocenters. The van der Waals surface area contributed by atoms with Crippen LogP contribution in [0.3, 0.4) is 0 Å². The molecule has 32 heavy (non-hydrogen) atoms. The van der Waals surface area contributed by atoms with Gasteiger partial charge >= 0.3 is 0 Å². The van der Waals surface area contributed by atoms with Crippen LogP contribution in [0.5, 0.6) is 0 Å². The second kappa shape index (κ2) is 8.50. The second-order valence-corrected chi connectivity index (χ2v) is 8.97. The molecule has 0 aromatic heterocycles. The fraction of sp³-hybridized carbons (Fsp3) is 0.292. The van der Waals surface area contributed by atoms with E-state index in [1.54, 1.807) is 42.3 Å². The zero-order valence-electron chi connectivity index (χ0n) is 17.6. The van der Waals surface area contributed by atoms with Crippen LogP contribution in [0.2, 0.25) is 10.0 Å². The Labute approximate surface area is 196 Å². The molecular weight excluding hydrogens is 449 g/mol. The molecular formula is C24H21Cl2N3O3. The van der Waals surface area contributed by atoms with Gasteiger partial charge in [-0.25, -0.2) is 0 Å². The summed E-state index contributed by atoms with van der Waals surface area (Å²) >= 11 is 12.4. The molecule has 2 aliphatic heterocycles. The number of nitrogens with one attached hydrogen (secondary N) is 1. The minimum Gasteiger partial charge on any atom is -0.498 e. The first-order chi connectivity index (χ1) is 15.3. The fourth-order valence-electron chi connectivity index (χ4n) is 4.85. The summed E-state index contributed by atoms with van der Waals surface area (Å²) in [6, 6.07) is 14.2. The smallest absolute Gasteiger partial charge is 0.258 e. The van der Waals surface area contributed by atoms with Crippen LogP contribution in [0.15, 0.2) is 48.2 Å². The predicted octanol–water partition coefficient (Wildman–Crippen LogP) is 3.95. The molecule has 2 aromatic rings. The van der Waals surface area contributed by atoms with E-state index in [4.69, 9.17) is 33.2 Å². The second-order valence-electron chi connectivity index (χ2n) is 8.10. The van der Waals surface area contributed by atoms with E-state index in [1.165, 1.54) is 6.92 Å². The van der Waals surface area contributed by atoms with Crippen LogP contribution in [-0.2, 0) is 20.7 Å². The summed E-state index contributed by atoms with van der Waals surface area (Å²) in [6.45, 7) is 1.82. The van der Waals surface area contributed by atoms with Crippen molar-refractivity contribution in [1.82, 2.24) is 10.2 Å². The average molecular weight is 470 g/mol. The van der Waals surface area contributed by atoms with Crippen molar-refractivity contribution >= 4 is 40.6 Å². The van der Waals surface area contributed by atoms with Gasteiger partial charge in [-0.2, -0.15) is 5.26 Å². The number of nitrogens with zero attached hydrogens (tertiary/aromatic N) is 2. The van der Waals surface area contributed by atoms with Crippen molar-refractivity contribution in [3.63, 3.8) is 0 Å². The standard InChI is InChI=1S/C24H21Cl2N3O3/c1-14(30)28-20-11-24(10-15-3-5-16(12-27)6-4-15)22(32-2)21(23(31)29(24)13-20)17-7-18(25)9-19(26)8-17/h3-9,20H,10-11,13H2,1-2H3,(H,28,30). The van der Waals surface area contributed by atoms with Crippen LogP contribution in [0.25, 0.3) is 5.57 Å². The number of hydrogen-bond acceptors (Lipinski definition) is 4. The summed E-state index contributed by atoms with van der Waals surface area (Å²) in [5, 5.41) is 12.9. The van der Waals surface area contributed by atoms with E-state index < -0.39 is 5.54 Å². The molecule has 1 N–H and O–H groups in total. The number of benzene rings is 2. The van der Waals surface area contributed by atoms with Crippen molar-refractivity contribution in [3.8, 4) is 6.07 Å². The molecule has 2 aromatic carbocycles. The van der Waals surface area contributed by atoms with Gasteiger partial charge in [-0.05, 0) is 41.5 Å². The van der Waals surface area contributed by atoms with Crippen molar-refractivity contribution in [3.05, 3.63) is 75.0 Å². The maximum Gasteiger partial charge on any atom is 0.258 e. The number of nitriles is 1. The Morgan fingerprint density at radius 1 is 1.25 bits per heavy atom. The largest absolute Gasteiger partial charge is 0.498 e. The maximum atomic E-state index is 13.7. The Balaban J connectivity index is 1.85. The molecule has 6 nitrogen and oxygen atoms in total. The van der Waals surface area contributed by atoms with Crippen molar-refractivity contribution in [2.45, 2.75) is 31.3 Å². The van der Waals surface area contributed by atoms with Crippen LogP contribution in [-0.4, -0.2) is 41.9 Å². The van der Waals surface area contributed by atoms with Gasteiger partial charge in [0, 0.05) is 42.4 Å². The minimum atomic E-state index is -0.781. The van der Waals surface area contributed by atoms with Gasteiger partial charge in [0.25, 0.3) is 5.91 Å². The van der Waals surface area contributed by atoms with Crippen LogP contribution >= 0.6 is 23.2 Å². The third-order valence-electron chi connectivity index (χ3n) is 5.95. The highest BCUT2D eigenvalue weighted by Crippen LogP contribution is 2.49. The van der Waals surface area contributed by atoms with Crippen LogP contribution < -0.4 is 5.32 Å². The molecule has 0 saturated carbocycles. The molecule has 8 heteroatoms. The lowest BCUT2D eigenvalue weighted by molar-refractivity contribution is -0.127. The lowest BCUT2D eigenvalue weighted by Gasteiger charge is -2.34. The number of hydrogen-bond donors (Lipinski definition) is 1. The zero-order chi connectivity index (χ0) is 23.0. The summed E-state index contributed by atoms with van der Waals surface area (Å²) in [6.07, 6.45) is 0.973. The Bertz CT molecular complexity index is 1150. The zero-order valence-corrected chi connectivity index (χ0v) is 19.1.